The zero-order chi connectivity index (χ0) is 33.9. The van der Waals surface area contributed by atoms with Crippen LogP contribution < -0.4 is 5.32 Å². The predicted molar refractivity (Wildman–Crippen MR) is 186 cm³/mol. The highest BCUT2D eigenvalue weighted by molar-refractivity contribution is 7.88. The first kappa shape index (κ1) is 34.6. The third kappa shape index (κ3) is 7.80. The van der Waals surface area contributed by atoms with Gasteiger partial charge in [0.1, 0.15) is 12.6 Å². The molecular formula is C36H45ClN5O5S+. The van der Waals surface area contributed by atoms with E-state index in [4.69, 9.17) is 16.7 Å². The Bertz CT molecular complexity index is 1790. The number of benzene rings is 2. The fraction of sp³-hybridized carbons (Fsp3) is 0.500. The molecule has 48 heavy (non-hydrogen) atoms. The Morgan fingerprint density at radius 2 is 1.81 bits per heavy atom. The molecule has 1 atom stereocenters. The summed E-state index contributed by atoms with van der Waals surface area (Å²) in [6.07, 6.45) is 4.32. The Morgan fingerprint density at radius 1 is 1.10 bits per heavy atom. The molecule has 256 valence electrons. The molecule has 3 aliphatic rings. The number of nitrogens with zero attached hydrogens (tertiary/aromatic N) is 4. The largest absolute Gasteiger partial charge is 0.513 e. The molecule has 2 saturated heterocycles. The second-order valence-corrected chi connectivity index (χ2v) is 16.0. The second kappa shape index (κ2) is 14.7. The summed E-state index contributed by atoms with van der Waals surface area (Å²) in [5.74, 6) is 7.55. The number of nitrogens with one attached hydrogen (secondary N) is 1. The molecule has 4 heterocycles. The lowest BCUT2D eigenvalue weighted by Crippen LogP contribution is -2.60. The van der Waals surface area contributed by atoms with Crippen LogP contribution in [0, 0.1) is 23.7 Å². The number of amides is 1. The SMILES string of the molecule is CS(=O)(=O)N1CCc2c(c(-c3ccc(Cl)c(C#CCc4ccccc4)c3)nn2C[C@@H](O)C[N+]2(C(=O)O)CCC(C3CCNCC3)CC2)C1. The molecule has 12 heteroatoms. The van der Waals surface area contributed by atoms with E-state index in [9.17, 15) is 23.4 Å². The number of quaternary nitrogens is 1. The number of aliphatic hydroxyl groups is 1. The first-order chi connectivity index (χ1) is 23.0. The molecule has 0 spiro atoms. The predicted octanol–water partition coefficient (Wildman–Crippen LogP) is 4.38. The topological polar surface area (TPSA) is 125 Å². The van der Waals surface area contributed by atoms with Crippen LogP contribution in [0.25, 0.3) is 11.3 Å². The van der Waals surface area contributed by atoms with Crippen molar-refractivity contribution in [3.8, 4) is 23.1 Å². The summed E-state index contributed by atoms with van der Waals surface area (Å²) in [7, 11) is -3.45. The number of piperidine rings is 2. The number of fused-ring (bicyclic) bond motifs is 1. The highest BCUT2D eigenvalue weighted by Gasteiger charge is 2.44. The lowest BCUT2D eigenvalue weighted by molar-refractivity contribution is -0.867. The summed E-state index contributed by atoms with van der Waals surface area (Å²) in [4.78, 5) is 12.7. The van der Waals surface area contributed by atoms with E-state index in [1.165, 1.54) is 10.6 Å². The number of sulfonamides is 1. The normalized spacial score (nSPS) is 22.8. The Hall–Kier alpha value is -3.24. The fourth-order valence-corrected chi connectivity index (χ4v) is 8.67. The molecule has 0 saturated carbocycles. The molecule has 3 aromatic rings. The van der Waals surface area contributed by atoms with E-state index in [1.54, 1.807) is 10.7 Å². The van der Waals surface area contributed by atoms with Crippen molar-refractivity contribution < 1.29 is 27.9 Å². The van der Waals surface area contributed by atoms with Gasteiger partial charge in [0.2, 0.25) is 10.0 Å². The van der Waals surface area contributed by atoms with Gasteiger partial charge >= 0.3 is 6.09 Å². The molecule has 6 rings (SSSR count). The lowest BCUT2D eigenvalue weighted by Gasteiger charge is -2.42. The minimum atomic E-state index is -3.45. The van der Waals surface area contributed by atoms with Crippen LogP contribution in [0.15, 0.2) is 48.5 Å². The third-order valence-electron chi connectivity index (χ3n) is 10.4. The standard InChI is InChI=1S/C36H44ClN5O5S/c1-48(46,47)40-19-14-34-32(24-40)35(30-10-11-33(37)29(22-30)9-5-8-26-6-3-2-4-7-26)39-41(34)23-31(43)25-42(36(44)45)20-15-28(16-21-42)27-12-17-38-18-13-27/h2-4,6-7,10-11,22,27-28,31,38,43H,8,12-21,23-25H2,1H3/p+1/t28?,31-,42?/m1/s1. The molecule has 2 aromatic carbocycles. The monoisotopic (exact) mass is 694 g/mol. The van der Waals surface area contributed by atoms with Gasteiger partial charge in [0.05, 0.1) is 36.6 Å². The zero-order valence-electron chi connectivity index (χ0n) is 27.4. The van der Waals surface area contributed by atoms with Crippen LogP contribution in [-0.2, 0) is 36.0 Å². The van der Waals surface area contributed by atoms with Crippen LogP contribution in [0.5, 0.6) is 0 Å². The maximum atomic E-state index is 12.7. The van der Waals surface area contributed by atoms with E-state index in [1.807, 2.05) is 42.5 Å². The van der Waals surface area contributed by atoms with Gasteiger partial charge in [-0.1, -0.05) is 59.8 Å². The van der Waals surface area contributed by atoms with Gasteiger partial charge in [0.15, 0.2) is 0 Å². The summed E-state index contributed by atoms with van der Waals surface area (Å²) in [6.45, 7) is 3.73. The highest BCUT2D eigenvalue weighted by atomic mass is 35.5. The van der Waals surface area contributed by atoms with Crippen LogP contribution in [0.2, 0.25) is 5.02 Å². The number of halogens is 1. The average molecular weight is 695 g/mol. The molecule has 2 fully saturated rings. The average Bonchev–Trinajstić information content (AvgIpc) is 3.43. The van der Waals surface area contributed by atoms with Gasteiger partial charge in [-0.05, 0) is 55.5 Å². The van der Waals surface area contributed by atoms with Crippen molar-refractivity contribution in [2.45, 2.75) is 57.7 Å². The molecule has 0 unspecified atom stereocenters. The quantitative estimate of drug-likeness (QED) is 0.236. The van der Waals surface area contributed by atoms with E-state index in [0.29, 0.717) is 60.6 Å². The molecule has 1 amide bonds. The molecule has 10 nitrogen and oxygen atoms in total. The van der Waals surface area contributed by atoms with Gasteiger partial charge in [0, 0.05) is 61.2 Å². The summed E-state index contributed by atoms with van der Waals surface area (Å²) >= 11 is 6.55. The third-order valence-corrected chi connectivity index (χ3v) is 12.0. The highest BCUT2D eigenvalue weighted by Crippen LogP contribution is 2.35. The number of aliphatic hydroxyl groups excluding tert-OH is 1. The van der Waals surface area contributed by atoms with Crippen LogP contribution in [0.3, 0.4) is 0 Å². The van der Waals surface area contributed by atoms with Gasteiger partial charge in [-0.2, -0.15) is 14.2 Å². The second-order valence-electron chi connectivity index (χ2n) is 13.6. The van der Waals surface area contributed by atoms with Gasteiger partial charge < -0.3 is 15.5 Å². The number of aromatic nitrogens is 2. The first-order valence-corrected chi connectivity index (χ1v) is 19.1. The van der Waals surface area contributed by atoms with Gasteiger partial charge in [-0.3, -0.25) is 4.68 Å². The van der Waals surface area contributed by atoms with E-state index >= 15 is 0 Å². The van der Waals surface area contributed by atoms with Crippen LogP contribution >= 0.6 is 11.6 Å². The minimum absolute atomic E-state index is 0.0931. The molecule has 1 aromatic heterocycles. The smallest absolute Gasteiger partial charge is 0.435 e. The zero-order valence-corrected chi connectivity index (χ0v) is 29.0. The van der Waals surface area contributed by atoms with Crippen molar-refractivity contribution in [3.63, 3.8) is 0 Å². The Kier molecular flexibility index (Phi) is 10.6. The molecule has 0 bridgehead atoms. The number of likely N-dealkylation sites (tertiary alicyclic amines) is 1. The molecule has 3 aliphatic heterocycles. The van der Waals surface area contributed by atoms with Crippen molar-refractivity contribution >= 4 is 27.7 Å². The lowest BCUT2D eigenvalue weighted by atomic mass is 9.78. The van der Waals surface area contributed by atoms with Crippen LogP contribution in [0.1, 0.15) is 48.1 Å². The number of rotatable bonds is 8. The Balaban J connectivity index is 1.24. The van der Waals surface area contributed by atoms with Gasteiger partial charge in [0.25, 0.3) is 0 Å². The van der Waals surface area contributed by atoms with E-state index in [-0.39, 0.29) is 24.1 Å². The van der Waals surface area contributed by atoms with Crippen molar-refractivity contribution in [1.29, 1.82) is 0 Å². The molecule has 3 N–H and O–H groups in total. The summed E-state index contributed by atoms with van der Waals surface area (Å²) in [5.41, 5.74) is 4.72. The fourth-order valence-electron chi connectivity index (χ4n) is 7.72. The molecular weight excluding hydrogens is 650 g/mol. The summed E-state index contributed by atoms with van der Waals surface area (Å²) < 4.78 is 28.2. The van der Waals surface area contributed by atoms with Crippen molar-refractivity contribution in [1.82, 2.24) is 19.4 Å². The number of carboxylic acid groups (broad SMARTS) is 1. The number of hydrogen-bond donors (Lipinski definition) is 3. The number of carbonyl (C=O) groups is 1. The van der Waals surface area contributed by atoms with Gasteiger partial charge in [-0.25, -0.2) is 12.9 Å². The first-order valence-electron chi connectivity index (χ1n) is 16.9. The van der Waals surface area contributed by atoms with E-state index < -0.39 is 22.2 Å². The van der Waals surface area contributed by atoms with Gasteiger partial charge in [-0.15, -0.1) is 0 Å². The van der Waals surface area contributed by atoms with Crippen molar-refractivity contribution in [2.75, 3.05) is 45.5 Å². The molecule has 0 radical (unpaired) electrons. The van der Waals surface area contributed by atoms with E-state index in [0.717, 1.165) is 61.2 Å². The maximum Gasteiger partial charge on any atom is 0.513 e. The minimum Gasteiger partial charge on any atom is -0.435 e. The van der Waals surface area contributed by atoms with Crippen molar-refractivity contribution in [3.05, 3.63) is 75.9 Å². The maximum absolute atomic E-state index is 12.7. The van der Waals surface area contributed by atoms with E-state index in [2.05, 4.69) is 17.2 Å². The molecule has 0 aliphatic carbocycles. The summed E-state index contributed by atoms with van der Waals surface area (Å²) in [6, 6.07) is 15.5. The summed E-state index contributed by atoms with van der Waals surface area (Å²) in [5, 5.41) is 30.7. The Labute approximate surface area is 288 Å². The van der Waals surface area contributed by atoms with Crippen molar-refractivity contribution in [2.24, 2.45) is 11.8 Å². The number of hydrogen-bond acceptors (Lipinski definition) is 6. The van der Waals surface area contributed by atoms with Crippen LogP contribution in [-0.4, -0.2) is 94.9 Å². The Morgan fingerprint density at radius 3 is 2.50 bits per heavy atom. The van der Waals surface area contributed by atoms with Crippen LogP contribution in [0.4, 0.5) is 4.79 Å².